The number of nitrogens with one attached hydrogen (secondary N) is 2. The Balaban J connectivity index is 1.52. The largest absolute Gasteiger partial charge is 0.354 e. The molecular formula is C18H21N3O2S. The van der Waals surface area contributed by atoms with Crippen molar-refractivity contribution in [3.8, 4) is 0 Å². The van der Waals surface area contributed by atoms with Gasteiger partial charge in [-0.3, -0.25) is 9.59 Å². The van der Waals surface area contributed by atoms with Crippen LogP contribution in [0.25, 0.3) is 10.9 Å². The van der Waals surface area contributed by atoms with Crippen LogP contribution in [-0.4, -0.2) is 45.9 Å². The maximum atomic E-state index is 12.9. The molecule has 6 heteroatoms. The second-order valence-corrected chi connectivity index (χ2v) is 7.70. The van der Waals surface area contributed by atoms with Crippen LogP contribution < -0.4 is 5.32 Å². The zero-order valence-corrected chi connectivity index (χ0v) is 14.5. The van der Waals surface area contributed by atoms with Crippen LogP contribution in [-0.2, 0) is 4.79 Å². The van der Waals surface area contributed by atoms with E-state index in [0.29, 0.717) is 23.2 Å². The summed E-state index contributed by atoms with van der Waals surface area (Å²) in [5.41, 5.74) is 2.66. The zero-order chi connectivity index (χ0) is 16.7. The topological polar surface area (TPSA) is 65.2 Å². The van der Waals surface area contributed by atoms with E-state index in [4.69, 9.17) is 0 Å². The fourth-order valence-corrected chi connectivity index (χ4v) is 4.28. The second kappa shape index (κ2) is 6.16. The van der Waals surface area contributed by atoms with Gasteiger partial charge in [-0.25, -0.2) is 0 Å². The summed E-state index contributed by atoms with van der Waals surface area (Å²) >= 11 is 1.63. The number of nitrogens with zero attached hydrogens (tertiary/aromatic N) is 1. The number of fused-ring (bicyclic) bond motifs is 1. The Morgan fingerprint density at radius 3 is 2.96 bits per heavy atom. The third-order valence-corrected chi connectivity index (χ3v) is 5.81. The van der Waals surface area contributed by atoms with Gasteiger partial charge in [0.2, 0.25) is 5.91 Å². The molecule has 2 heterocycles. The molecule has 1 aliphatic carbocycles. The Morgan fingerprint density at radius 2 is 2.21 bits per heavy atom. The highest BCUT2D eigenvalue weighted by atomic mass is 32.2. The SMILES string of the molecule is Cc1cccc2cc(C(=O)N3CSCC3C(=O)NCC3CC3)[nH]c12. The van der Waals surface area contributed by atoms with Gasteiger partial charge in [-0.2, -0.15) is 0 Å². The van der Waals surface area contributed by atoms with Gasteiger partial charge in [0.1, 0.15) is 11.7 Å². The summed E-state index contributed by atoms with van der Waals surface area (Å²) in [5.74, 6) is 1.76. The predicted molar refractivity (Wildman–Crippen MR) is 96.1 cm³/mol. The molecule has 0 spiro atoms. The third kappa shape index (κ3) is 2.90. The van der Waals surface area contributed by atoms with E-state index >= 15 is 0 Å². The minimum Gasteiger partial charge on any atom is -0.354 e. The van der Waals surface area contributed by atoms with Crippen LogP contribution in [0.5, 0.6) is 0 Å². The van der Waals surface area contributed by atoms with Crippen LogP contribution in [0.2, 0.25) is 0 Å². The van der Waals surface area contributed by atoms with E-state index in [0.717, 1.165) is 23.0 Å². The van der Waals surface area contributed by atoms with Gasteiger partial charge in [-0.15, -0.1) is 11.8 Å². The quantitative estimate of drug-likeness (QED) is 0.896. The number of carbonyl (C=O) groups excluding carboxylic acids is 2. The first-order valence-electron chi connectivity index (χ1n) is 8.38. The molecule has 24 heavy (non-hydrogen) atoms. The average Bonchev–Trinajstić information content (AvgIpc) is 3.10. The van der Waals surface area contributed by atoms with Crippen molar-refractivity contribution in [2.75, 3.05) is 18.2 Å². The zero-order valence-electron chi connectivity index (χ0n) is 13.7. The number of hydrogen-bond donors (Lipinski definition) is 2. The van der Waals surface area contributed by atoms with Crippen molar-refractivity contribution in [3.05, 3.63) is 35.5 Å². The van der Waals surface area contributed by atoms with Gasteiger partial charge >= 0.3 is 0 Å². The smallest absolute Gasteiger partial charge is 0.271 e. The Kier molecular flexibility index (Phi) is 4.00. The Labute approximate surface area is 145 Å². The lowest BCUT2D eigenvalue weighted by Crippen LogP contribution is -2.47. The van der Waals surface area contributed by atoms with Gasteiger partial charge in [-0.1, -0.05) is 18.2 Å². The molecule has 4 rings (SSSR count). The van der Waals surface area contributed by atoms with Crippen LogP contribution in [0.3, 0.4) is 0 Å². The fraction of sp³-hybridized carbons (Fsp3) is 0.444. The van der Waals surface area contributed by atoms with E-state index in [1.165, 1.54) is 12.8 Å². The molecule has 0 bridgehead atoms. The van der Waals surface area contributed by atoms with E-state index in [9.17, 15) is 9.59 Å². The van der Waals surface area contributed by atoms with Crippen molar-refractivity contribution in [3.63, 3.8) is 0 Å². The van der Waals surface area contributed by atoms with Gasteiger partial charge in [-0.05, 0) is 37.3 Å². The van der Waals surface area contributed by atoms with E-state index in [1.54, 1.807) is 16.7 Å². The summed E-state index contributed by atoms with van der Waals surface area (Å²) in [6.07, 6.45) is 2.41. The third-order valence-electron chi connectivity index (χ3n) is 4.80. The Morgan fingerprint density at radius 1 is 1.38 bits per heavy atom. The van der Waals surface area contributed by atoms with Gasteiger partial charge in [0.05, 0.1) is 5.88 Å². The predicted octanol–water partition coefficient (Wildman–Crippen LogP) is 2.52. The van der Waals surface area contributed by atoms with Crippen LogP contribution in [0, 0.1) is 12.8 Å². The lowest BCUT2D eigenvalue weighted by atomic mass is 10.2. The summed E-state index contributed by atoms with van der Waals surface area (Å²) in [6.45, 7) is 2.76. The molecule has 2 amide bonds. The molecule has 2 N–H and O–H groups in total. The maximum Gasteiger partial charge on any atom is 0.271 e. The standard InChI is InChI=1S/C18H21N3O2S/c1-11-3-2-4-13-7-14(20-16(11)13)18(23)21-10-24-9-15(21)17(22)19-8-12-5-6-12/h2-4,7,12,15,20H,5-6,8-10H2,1H3,(H,19,22). The maximum absolute atomic E-state index is 12.9. The number of aromatic nitrogens is 1. The number of aryl methyl sites for hydroxylation is 1. The fourth-order valence-electron chi connectivity index (χ4n) is 3.12. The minimum atomic E-state index is -0.367. The summed E-state index contributed by atoms with van der Waals surface area (Å²) in [6, 6.07) is 7.52. The van der Waals surface area contributed by atoms with Crippen LogP contribution in [0.1, 0.15) is 28.9 Å². The number of hydrogen-bond acceptors (Lipinski definition) is 3. The molecule has 1 saturated heterocycles. The molecular weight excluding hydrogens is 322 g/mol. The Bertz CT molecular complexity index is 797. The molecule has 5 nitrogen and oxygen atoms in total. The van der Waals surface area contributed by atoms with Crippen molar-refractivity contribution in [1.82, 2.24) is 15.2 Å². The van der Waals surface area contributed by atoms with E-state index in [-0.39, 0.29) is 17.9 Å². The molecule has 126 valence electrons. The van der Waals surface area contributed by atoms with Crippen molar-refractivity contribution >= 4 is 34.5 Å². The van der Waals surface area contributed by atoms with Gasteiger partial charge in [0, 0.05) is 23.2 Å². The number of thioether (sulfide) groups is 1. The van der Waals surface area contributed by atoms with E-state index < -0.39 is 0 Å². The molecule has 1 saturated carbocycles. The van der Waals surface area contributed by atoms with Crippen LogP contribution >= 0.6 is 11.8 Å². The minimum absolute atomic E-state index is 0.0208. The molecule has 1 atom stereocenters. The number of aromatic amines is 1. The van der Waals surface area contributed by atoms with Gasteiger partial charge < -0.3 is 15.2 Å². The number of para-hydroxylation sites is 1. The van der Waals surface area contributed by atoms with Gasteiger partial charge in [0.15, 0.2) is 0 Å². The highest BCUT2D eigenvalue weighted by Gasteiger charge is 2.36. The number of carbonyl (C=O) groups is 2. The molecule has 0 radical (unpaired) electrons. The van der Waals surface area contributed by atoms with Crippen LogP contribution in [0.15, 0.2) is 24.3 Å². The monoisotopic (exact) mass is 343 g/mol. The summed E-state index contributed by atoms with van der Waals surface area (Å²) < 4.78 is 0. The summed E-state index contributed by atoms with van der Waals surface area (Å²) in [7, 11) is 0. The van der Waals surface area contributed by atoms with Crippen molar-refractivity contribution in [1.29, 1.82) is 0 Å². The normalized spacial score (nSPS) is 20.5. The molecule has 1 unspecified atom stereocenters. The molecule has 2 aliphatic rings. The highest BCUT2D eigenvalue weighted by molar-refractivity contribution is 7.99. The molecule has 1 aromatic carbocycles. The highest BCUT2D eigenvalue weighted by Crippen LogP contribution is 2.28. The van der Waals surface area contributed by atoms with Crippen molar-refractivity contribution in [2.45, 2.75) is 25.8 Å². The first-order chi connectivity index (χ1) is 11.6. The molecule has 1 aliphatic heterocycles. The molecule has 2 aromatic rings. The lowest BCUT2D eigenvalue weighted by molar-refractivity contribution is -0.124. The summed E-state index contributed by atoms with van der Waals surface area (Å²) in [5, 5.41) is 4.03. The van der Waals surface area contributed by atoms with E-state index in [1.807, 2.05) is 31.2 Å². The number of rotatable bonds is 4. The number of H-pyrrole nitrogens is 1. The van der Waals surface area contributed by atoms with Crippen LogP contribution in [0.4, 0.5) is 0 Å². The average molecular weight is 343 g/mol. The number of amides is 2. The Hall–Kier alpha value is -1.95. The summed E-state index contributed by atoms with van der Waals surface area (Å²) in [4.78, 5) is 30.2. The first-order valence-corrected chi connectivity index (χ1v) is 9.53. The molecule has 1 aromatic heterocycles. The number of benzene rings is 1. The van der Waals surface area contributed by atoms with Crippen molar-refractivity contribution < 1.29 is 9.59 Å². The molecule has 2 fully saturated rings. The van der Waals surface area contributed by atoms with Crippen molar-refractivity contribution in [2.24, 2.45) is 5.92 Å². The first kappa shape index (κ1) is 15.6. The van der Waals surface area contributed by atoms with Gasteiger partial charge in [0.25, 0.3) is 5.91 Å². The second-order valence-electron chi connectivity index (χ2n) is 6.70. The lowest BCUT2D eigenvalue weighted by Gasteiger charge is -2.22. The van der Waals surface area contributed by atoms with E-state index in [2.05, 4.69) is 10.3 Å².